The van der Waals surface area contributed by atoms with Crippen molar-refractivity contribution < 1.29 is 9.53 Å². The van der Waals surface area contributed by atoms with E-state index in [0.717, 1.165) is 43.0 Å². The third-order valence-electron chi connectivity index (χ3n) is 6.50. The number of fused-ring (bicyclic) bond motifs is 1. The van der Waals surface area contributed by atoms with Crippen molar-refractivity contribution in [3.8, 4) is 17.1 Å². The van der Waals surface area contributed by atoms with E-state index in [4.69, 9.17) is 14.8 Å². The molecular weight excluding hydrogens is 430 g/mol. The number of nitrogens with zero attached hydrogens (tertiary/aromatic N) is 7. The maximum atomic E-state index is 13.0. The third kappa shape index (κ3) is 3.81. The number of benzene rings is 1. The molecule has 0 atom stereocenters. The first-order valence-corrected chi connectivity index (χ1v) is 11.7. The lowest BCUT2D eigenvalue weighted by Gasteiger charge is -2.29. The molecule has 1 aliphatic carbocycles. The van der Waals surface area contributed by atoms with Crippen LogP contribution in [0.1, 0.15) is 28.9 Å². The molecule has 1 aliphatic heterocycles. The first kappa shape index (κ1) is 20.9. The lowest BCUT2D eigenvalue weighted by molar-refractivity contribution is 0.0779. The summed E-state index contributed by atoms with van der Waals surface area (Å²) in [6, 6.07) is 14.4. The molecule has 3 aromatic heterocycles. The minimum absolute atomic E-state index is 0.0664. The first-order valence-electron chi connectivity index (χ1n) is 11.7. The predicted octanol–water partition coefficient (Wildman–Crippen LogP) is 2.96. The number of ether oxygens (including phenoxy) is 1. The quantitative estimate of drug-likeness (QED) is 0.458. The summed E-state index contributed by atoms with van der Waals surface area (Å²) in [5.74, 6) is 1.50. The normalized spacial score (nSPS) is 16.2. The highest BCUT2D eigenvalue weighted by atomic mass is 16.5. The molecule has 1 aromatic carbocycles. The molecule has 9 nitrogen and oxygen atoms in total. The monoisotopic (exact) mass is 457 g/mol. The van der Waals surface area contributed by atoms with Gasteiger partial charge in [0, 0.05) is 50.1 Å². The van der Waals surface area contributed by atoms with Gasteiger partial charge >= 0.3 is 0 Å². The van der Waals surface area contributed by atoms with Crippen molar-refractivity contribution in [2.45, 2.75) is 25.8 Å². The Hall–Kier alpha value is -3.72. The zero-order chi connectivity index (χ0) is 23.2. The summed E-state index contributed by atoms with van der Waals surface area (Å²) in [5.41, 5.74) is 4.17. The van der Waals surface area contributed by atoms with Crippen molar-refractivity contribution in [1.82, 2.24) is 29.3 Å². The van der Waals surface area contributed by atoms with Gasteiger partial charge in [-0.2, -0.15) is 14.7 Å². The minimum Gasteiger partial charge on any atom is -0.378 e. The number of aryl methyl sites for hydroxylation is 1. The van der Waals surface area contributed by atoms with Crippen LogP contribution in [-0.4, -0.2) is 74.6 Å². The zero-order valence-electron chi connectivity index (χ0n) is 19.4. The van der Waals surface area contributed by atoms with Gasteiger partial charge in [0.1, 0.15) is 5.82 Å². The molecule has 9 heteroatoms. The fourth-order valence-electron chi connectivity index (χ4n) is 4.40. The molecule has 4 heterocycles. The van der Waals surface area contributed by atoms with Gasteiger partial charge in [-0.25, -0.2) is 9.67 Å². The summed E-state index contributed by atoms with van der Waals surface area (Å²) in [6.45, 7) is 4.87. The molecule has 0 bridgehead atoms. The molecule has 0 radical (unpaired) electrons. The molecule has 1 saturated heterocycles. The number of anilines is 1. The van der Waals surface area contributed by atoms with E-state index in [1.165, 1.54) is 5.56 Å². The largest absolute Gasteiger partial charge is 0.378 e. The van der Waals surface area contributed by atoms with Crippen LogP contribution in [0.4, 0.5) is 5.82 Å². The van der Waals surface area contributed by atoms with E-state index in [0.29, 0.717) is 36.4 Å². The van der Waals surface area contributed by atoms with Crippen LogP contribution in [0.3, 0.4) is 0 Å². The molecule has 1 amide bonds. The second-order valence-corrected chi connectivity index (χ2v) is 9.03. The van der Waals surface area contributed by atoms with Crippen LogP contribution in [0.25, 0.3) is 22.7 Å². The summed E-state index contributed by atoms with van der Waals surface area (Å²) in [4.78, 5) is 21.8. The number of aromatic nitrogens is 5. The number of carbonyl (C=O) groups excluding carboxylic acids is 1. The molecule has 2 fully saturated rings. The molecule has 174 valence electrons. The molecule has 4 aromatic rings. The fourth-order valence-corrected chi connectivity index (χ4v) is 4.40. The van der Waals surface area contributed by atoms with Crippen molar-refractivity contribution in [3.63, 3.8) is 0 Å². The van der Waals surface area contributed by atoms with Crippen LogP contribution in [-0.2, 0) is 4.74 Å². The van der Waals surface area contributed by atoms with Gasteiger partial charge in [-0.1, -0.05) is 23.8 Å². The van der Waals surface area contributed by atoms with E-state index in [9.17, 15) is 4.79 Å². The predicted molar refractivity (Wildman–Crippen MR) is 128 cm³/mol. The SMILES string of the molecule is Cc1cccc(-c2ccn(-c3cc(N4CCOCC4)n4nc(C(=O)N(C)C5CC5)cc4n3)n2)c1. The Bertz CT molecular complexity index is 1360. The van der Waals surface area contributed by atoms with E-state index in [1.54, 1.807) is 20.2 Å². The van der Waals surface area contributed by atoms with Gasteiger partial charge in [-0.3, -0.25) is 4.79 Å². The lowest BCUT2D eigenvalue weighted by atomic mass is 10.1. The summed E-state index contributed by atoms with van der Waals surface area (Å²) in [5, 5.41) is 9.46. The van der Waals surface area contributed by atoms with Crippen LogP contribution in [0.2, 0.25) is 0 Å². The molecule has 0 unspecified atom stereocenters. The Kier molecular flexibility index (Phi) is 5.06. The van der Waals surface area contributed by atoms with E-state index in [1.807, 2.05) is 31.4 Å². The third-order valence-corrected chi connectivity index (χ3v) is 6.50. The molecule has 1 saturated carbocycles. The van der Waals surface area contributed by atoms with Gasteiger partial charge in [0.2, 0.25) is 0 Å². The van der Waals surface area contributed by atoms with Gasteiger partial charge in [-0.15, -0.1) is 0 Å². The standard InChI is InChI=1S/C25H27N7O2/c1-17-4-3-5-18(14-17)20-8-9-31(27-20)22-16-24(30-10-12-34-13-11-30)32-23(26-22)15-21(28-32)25(33)29(2)19-6-7-19/h3-5,8-9,14-16,19H,6-7,10-13H2,1-2H3. The second kappa shape index (κ2) is 8.25. The molecule has 34 heavy (non-hydrogen) atoms. The smallest absolute Gasteiger partial charge is 0.274 e. The van der Waals surface area contributed by atoms with E-state index < -0.39 is 0 Å². The number of hydrogen-bond donors (Lipinski definition) is 0. The van der Waals surface area contributed by atoms with Gasteiger partial charge in [0.25, 0.3) is 5.91 Å². The Morgan fingerprint density at radius 2 is 1.91 bits per heavy atom. The average molecular weight is 458 g/mol. The van der Waals surface area contributed by atoms with Crippen LogP contribution >= 0.6 is 0 Å². The minimum atomic E-state index is -0.0664. The summed E-state index contributed by atoms with van der Waals surface area (Å²) in [7, 11) is 1.85. The van der Waals surface area contributed by atoms with Crippen molar-refractivity contribution in [3.05, 3.63) is 59.9 Å². The highest BCUT2D eigenvalue weighted by molar-refractivity contribution is 5.93. The van der Waals surface area contributed by atoms with Gasteiger partial charge in [-0.05, 0) is 31.9 Å². The highest BCUT2D eigenvalue weighted by Crippen LogP contribution is 2.28. The summed E-state index contributed by atoms with van der Waals surface area (Å²) < 4.78 is 9.11. The molecule has 2 aliphatic rings. The topological polar surface area (TPSA) is 80.8 Å². The van der Waals surface area contributed by atoms with Gasteiger partial charge < -0.3 is 14.5 Å². The molecule has 6 rings (SSSR count). The molecule has 0 N–H and O–H groups in total. The van der Waals surface area contributed by atoms with Gasteiger partial charge in [0.05, 0.1) is 18.9 Å². The zero-order valence-corrected chi connectivity index (χ0v) is 19.4. The number of hydrogen-bond acceptors (Lipinski definition) is 6. The summed E-state index contributed by atoms with van der Waals surface area (Å²) in [6.07, 6.45) is 4.03. The number of amides is 1. The van der Waals surface area contributed by atoms with Crippen molar-refractivity contribution in [2.24, 2.45) is 0 Å². The molecule has 0 spiro atoms. The number of carbonyl (C=O) groups is 1. The Morgan fingerprint density at radius 1 is 1.09 bits per heavy atom. The number of morpholine rings is 1. The van der Waals surface area contributed by atoms with Crippen LogP contribution in [0.15, 0.2) is 48.7 Å². The van der Waals surface area contributed by atoms with Gasteiger partial charge in [0.15, 0.2) is 17.2 Å². The highest BCUT2D eigenvalue weighted by Gasteiger charge is 2.31. The van der Waals surface area contributed by atoms with Crippen molar-refractivity contribution in [1.29, 1.82) is 0 Å². The summed E-state index contributed by atoms with van der Waals surface area (Å²) >= 11 is 0. The second-order valence-electron chi connectivity index (χ2n) is 9.03. The fraction of sp³-hybridized carbons (Fsp3) is 0.360. The van der Waals surface area contributed by atoms with Crippen LogP contribution < -0.4 is 4.90 Å². The van der Waals surface area contributed by atoms with Crippen molar-refractivity contribution >= 4 is 17.4 Å². The lowest BCUT2D eigenvalue weighted by Crippen LogP contribution is -2.37. The van der Waals surface area contributed by atoms with E-state index in [-0.39, 0.29) is 5.91 Å². The molecular formula is C25H27N7O2. The van der Waals surface area contributed by atoms with Crippen LogP contribution in [0.5, 0.6) is 0 Å². The van der Waals surface area contributed by atoms with Crippen LogP contribution in [0, 0.1) is 6.92 Å². The van der Waals surface area contributed by atoms with Crippen molar-refractivity contribution in [2.75, 3.05) is 38.3 Å². The Labute approximate surface area is 197 Å². The maximum Gasteiger partial charge on any atom is 0.274 e. The average Bonchev–Trinajstić information content (AvgIpc) is 3.43. The Morgan fingerprint density at radius 3 is 2.68 bits per heavy atom. The maximum absolute atomic E-state index is 13.0. The van der Waals surface area contributed by atoms with E-state index >= 15 is 0 Å². The van der Waals surface area contributed by atoms with E-state index in [2.05, 4.69) is 35.1 Å². The number of rotatable bonds is 5. The first-order chi connectivity index (χ1) is 16.6. The Balaban J connectivity index is 1.42.